The molecule has 0 aliphatic carbocycles. The van der Waals surface area contributed by atoms with Gasteiger partial charge in [0, 0.05) is 32.1 Å². The van der Waals surface area contributed by atoms with Gasteiger partial charge in [-0.2, -0.15) is 0 Å². The van der Waals surface area contributed by atoms with Crippen LogP contribution >= 0.6 is 0 Å². The standard InChI is InChI=1S/C12H18N2O3S/c15-10-12-3-7-14(9-12)18(16,17)8-4-11-1-5-13-6-2-11/h1-2,5-6,12,15H,3-4,7-10H2. The fourth-order valence-electron chi connectivity index (χ4n) is 2.12. The highest BCUT2D eigenvalue weighted by Crippen LogP contribution is 2.19. The van der Waals surface area contributed by atoms with E-state index < -0.39 is 10.0 Å². The van der Waals surface area contributed by atoms with E-state index in [1.807, 2.05) is 12.1 Å². The number of rotatable bonds is 5. The summed E-state index contributed by atoms with van der Waals surface area (Å²) >= 11 is 0. The van der Waals surface area contributed by atoms with Gasteiger partial charge in [0.05, 0.1) is 5.75 Å². The number of aliphatic hydroxyl groups excluding tert-OH is 1. The minimum atomic E-state index is -3.20. The highest BCUT2D eigenvalue weighted by Gasteiger charge is 2.30. The molecule has 100 valence electrons. The number of hydrogen-bond donors (Lipinski definition) is 1. The maximum Gasteiger partial charge on any atom is 0.214 e. The largest absolute Gasteiger partial charge is 0.396 e. The van der Waals surface area contributed by atoms with E-state index in [0.717, 1.165) is 12.0 Å². The van der Waals surface area contributed by atoms with Crippen molar-refractivity contribution in [2.45, 2.75) is 12.8 Å². The molecule has 0 bridgehead atoms. The highest BCUT2D eigenvalue weighted by molar-refractivity contribution is 7.89. The fraction of sp³-hybridized carbons (Fsp3) is 0.583. The van der Waals surface area contributed by atoms with E-state index in [0.29, 0.717) is 19.5 Å². The zero-order valence-corrected chi connectivity index (χ0v) is 11.0. The van der Waals surface area contributed by atoms with E-state index in [9.17, 15) is 8.42 Å². The summed E-state index contributed by atoms with van der Waals surface area (Å²) in [6, 6.07) is 3.66. The summed E-state index contributed by atoms with van der Waals surface area (Å²) in [5.74, 6) is 0.218. The minimum Gasteiger partial charge on any atom is -0.396 e. The van der Waals surface area contributed by atoms with Crippen LogP contribution < -0.4 is 0 Å². The molecule has 0 saturated carbocycles. The second-order valence-corrected chi connectivity index (χ2v) is 6.71. The van der Waals surface area contributed by atoms with Crippen molar-refractivity contribution >= 4 is 10.0 Å². The van der Waals surface area contributed by atoms with Crippen LogP contribution in [0.15, 0.2) is 24.5 Å². The van der Waals surface area contributed by atoms with Gasteiger partial charge in [-0.15, -0.1) is 0 Å². The summed E-state index contributed by atoms with van der Waals surface area (Å²) in [5, 5.41) is 9.03. The number of sulfonamides is 1. The van der Waals surface area contributed by atoms with Gasteiger partial charge in [0.1, 0.15) is 0 Å². The molecule has 1 fully saturated rings. The smallest absolute Gasteiger partial charge is 0.214 e. The molecular weight excluding hydrogens is 252 g/mol. The Labute approximate surface area is 108 Å². The zero-order chi connectivity index (χ0) is 13.0. The van der Waals surface area contributed by atoms with Gasteiger partial charge < -0.3 is 5.11 Å². The number of hydrogen-bond acceptors (Lipinski definition) is 4. The van der Waals surface area contributed by atoms with Crippen molar-refractivity contribution in [2.75, 3.05) is 25.4 Å². The van der Waals surface area contributed by atoms with Gasteiger partial charge in [0.15, 0.2) is 0 Å². The summed E-state index contributed by atoms with van der Waals surface area (Å²) in [6.45, 7) is 1.05. The maximum atomic E-state index is 12.1. The Morgan fingerprint density at radius 3 is 2.72 bits per heavy atom. The van der Waals surface area contributed by atoms with Crippen molar-refractivity contribution in [1.82, 2.24) is 9.29 Å². The molecule has 0 amide bonds. The van der Waals surface area contributed by atoms with Crippen molar-refractivity contribution in [2.24, 2.45) is 5.92 Å². The number of aryl methyl sites for hydroxylation is 1. The van der Waals surface area contributed by atoms with Crippen LogP contribution in [0.1, 0.15) is 12.0 Å². The van der Waals surface area contributed by atoms with Crippen molar-refractivity contribution in [3.05, 3.63) is 30.1 Å². The summed E-state index contributed by atoms with van der Waals surface area (Å²) in [5.41, 5.74) is 0.978. The van der Waals surface area contributed by atoms with E-state index in [1.165, 1.54) is 4.31 Å². The molecule has 1 aromatic heterocycles. The molecule has 1 aliphatic rings. The van der Waals surface area contributed by atoms with Crippen LogP contribution in [0.4, 0.5) is 0 Å². The van der Waals surface area contributed by atoms with E-state index in [2.05, 4.69) is 4.98 Å². The van der Waals surface area contributed by atoms with Gasteiger partial charge >= 0.3 is 0 Å². The molecule has 6 heteroatoms. The van der Waals surface area contributed by atoms with Crippen molar-refractivity contribution in [1.29, 1.82) is 0 Å². The summed E-state index contributed by atoms with van der Waals surface area (Å²) < 4.78 is 25.7. The number of aliphatic hydroxyl groups is 1. The van der Waals surface area contributed by atoms with Crippen LogP contribution in [-0.4, -0.2) is 48.3 Å². The third-order valence-electron chi connectivity index (χ3n) is 3.30. The zero-order valence-electron chi connectivity index (χ0n) is 10.2. The monoisotopic (exact) mass is 270 g/mol. The Kier molecular flexibility index (Phi) is 4.31. The topological polar surface area (TPSA) is 70.5 Å². The fourth-order valence-corrected chi connectivity index (χ4v) is 3.70. The highest BCUT2D eigenvalue weighted by atomic mass is 32.2. The van der Waals surface area contributed by atoms with Gasteiger partial charge in [-0.25, -0.2) is 12.7 Å². The predicted molar refractivity (Wildman–Crippen MR) is 68.5 cm³/mol. The van der Waals surface area contributed by atoms with Crippen LogP contribution in [0.3, 0.4) is 0 Å². The second kappa shape index (κ2) is 5.77. The summed E-state index contributed by atoms with van der Waals surface area (Å²) in [6.07, 6.45) is 4.59. The first kappa shape index (κ1) is 13.5. The van der Waals surface area contributed by atoms with E-state index in [1.54, 1.807) is 12.4 Å². The molecule has 1 saturated heterocycles. The molecule has 0 spiro atoms. The van der Waals surface area contributed by atoms with Crippen LogP contribution in [-0.2, 0) is 16.4 Å². The number of pyridine rings is 1. The third-order valence-corrected chi connectivity index (χ3v) is 5.14. The lowest BCUT2D eigenvalue weighted by Gasteiger charge is -2.16. The Morgan fingerprint density at radius 2 is 2.11 bits per heavy atom. The molecule has 1 unspecified atom stereocenters. The van der Waals surface area contributed by atoms with Crippen LogP contribution in [0.25, 0.3) is 0 Å². The molecule has 1 aliphatic heterocycles. The van der Waals surface area contributed by atoms with Crippen molar-refractivity contribution < 1.29 is 13.5 Å². The molecule has 1 N–H and O–H groups in total. The number of nitrogens with zero attached hydrogens (tertiary/aromatic N) is 2. The van der Waals surface area contributed by atoms with Crippen molar-refractivity contribution in [3.8, 4) is 0 Å². The minimum absolute atomic E-state index is 0.0658. The average molecular weight is 270 g/mol. The Balaban J connectivity index is 1.92. The lowest BCUT2D eigenvalue weighted by molar-refractivity contribution is 0.233. The number of aromatic nitrogens is 1. The molecule has 2 heterocycles. The van der Waals surface area contributed by atoms with Gasteiger partial charge in [0.25, 0.3) is 0 Å². The Hall–Kier alpha value is -0.980. The Morgan fingerprint density at radius 1 is 1.39 bits per heavy atom. The maximum absolute atomic E-state index is 12.1. The average Bonchev–Trinajstić information content (AvgIpc) is 2.87. The lowest BCUT2D eigenvalue weighted by Crippen LogP contribution is -2.32. The first-order valence-corrected chi connectivity index (χ1v) is 7.70. The molecule has 1 aromatic rings. The lowest BCUT2D eigenvalue weighted by atomic mass is 10.1. The van der Waals surface area contributed by atoms with E-state index in [4.69, 9.17) is 5.11 Å². The van der Waals surface area contributed by atoms with Crippen molar-refractivity contribution in [3.63, 3.8) is 0 Å². The SMILES string of the molecule is O=S(=O)(CCc1ccncc1)N1CCC(CO)C1. The molecule has 2 rings (SSSR count). The summed E-state index contributed by atoms with van der Waals surface area (Å²) in [4.78, 5) is 3.90. The Bertz CT molecular complexity index is 475. The van der Waals surface area contributed by atoms with Gasteiger partial charge in [-0.1, -0.05) is 0 Å². The molecule has 18 heavy (non-hydrogen) atoms. The first-order valence-electron chi connectivity index (χ1n) is 6.09. The molecular formula is C12H18N2O3S. The van der Waals surface area contributed by atoms with Gasteiger partial charge in [0.2, 0.25) is 10.0 Å². The van der Waals surface area contributed by atoms with E-state index in [-0.39, 0.29) is 18.3 Å². The first-order chi connectivity index (χ1) is 8.62. The summed E-state index contributed by atoms with van der Waals surface area (Å²) in [7, 11) is -3.20. The predicted octanol–water partition coefficient (Wildman–Crippen LogP) is 0.268. The van der Waals surface area contributed by atoms with Crippen LogP contribution in [0.2, 0.25) is 0 Å². The normalized spacial score (nSPS) is 21.3. The molecule has 0 radical (unpaired) electrons. The second-order valence-electron chi connectivity index (χ2n) is 4.62. The van der Waals surface area contributed by atoms with Crippen LogP contribution in [0, 0.1) is 5.92 Å². The van der Waals surface area contributed by atoms with Crippen LogP contribution in [0.5, 0.6) is 0 Å². The van der Waals surface area contributed by atoms with Gasteiger partial charge in [-0.05, 0) is 36.5 Å². The molecule has 1 atom stereocenters. The molecule has 0 aromatic carbocycles. The van der Waals surface area contributed by atoms with Gasteiger partial charge in [-0.3, -0.25) is 4.98 Å². The quantitative estimate of drug-likeness (QED) is 0.833. The molecule has 5 nitrogen and oxygen atoms in total. The van der Waals surface area contributed by atoms with E-state index >= 15 is 0 Å². The third kappa shape index (κ3) is 3.28.